The molecule has 15 heavy (non-hydrogen) atoms. The predicted octanol–water partition coefficient (Wildman–Crippen LogP) is 5.38. The molecule has 0 saturated heterocycles. The van der Waals surface area contributed by atoms with E-state index in [1.165, 1.54) is 19.3 Å². The topological polar surface area (TPSA) is 0 Å². The van der Waals surface area contributed by atoms with Crippen LogP contribution in [0.1, 0.15) is 67.7 Å². The van der Waals surface area contributed by atoms with Crippen LogP contribution in [0, 0.1) is 29.6 Å². The van der Waals surface area contributed by atoms with Gasteiger partial charge in [-0.3, -0.25) is 0 Å². The summed E-state index contributed by atoms with van der Waals surface area (Å²) >= 11 is 0. The zero-order chi connectivity index (χ0) is 12.0. The minimum Gasteiger partial charge on any atom is -0.0628 e. The summed E-state index contributed by atoms with van der Waals surface area (Å²) < 4.78 is 0. The van der Waals surface area contributed by atoms with Gasteiger partial charge in [-0.25, -0.2) is 0 Å². The Morgan fingerprint density at radius 1 is 0.600 bits per heavy atom. The van der Waals surface area contributed by atoms with Crippen LogP contribution in [0.15, 0.2) is 0 Å². The van der Waals surface area contributed by atoms with Crippen molar-refractivity contribution in [1.82, 2.24) is 0 Å². The summed E-state index contributed by atoms with van der Waals surface area (Å²) in [5, 5.41) is 0. The lowest BCUT2D eigenvalue weighted by Gasteiger charge is -2.24. The van der Waals surface area contributed by atoms with Crippen molar-refractivity contribution in [3.63, 3.8) is 0 Å². The van der Waals surface area contributed by atoms with Crippen molar-refractivity contribution in [2.24, 2.45) is 29.6 Å². The van der Waals surface area contributed by atoms with Crippen LogP contribution < -0.4 is 0 Å². The Balaban J connectivity index is 3.77. The Kier molecular flexibility index (Phi) is 7.30. The molecule has 0 nitrogen and oxygen atoms in total. The SMILES string of the molecule is CC(C)CC(C)C(C)CCC(C)C(C)C. The maximum Gasteiger partial charge on any atom is -0.0415 e. The second kappa shape index (κ2) is 7.30. The van der Waals surface area contributed by atoms with Crippen LogP contribution in [-0.4, -0.2) is 0 Å². The van der Waals surface area contributed by atoms with Crippen LogP contribution in [0.4, 0.5) is 0 Å². The first-order valence-electron chi connectivity index (χ1n) is 6.84. The van der Waals surface area contributed by atoms with Crippen LogP contribution in [0.3, 0.4) is 0 Å². The Labute approximate surface area is 97.8 Å². The lowest BCUT2D eigenvalue weighted by Crippen LogP contribution is -2.13. The maximum atomic E-state index is 2.43. The molecule has 92 valence electrons. The van der Waals surface area contributed by atoms with Crippen molar-refractivity contribution >= 4 is 0 Å². The van der Waals surface area contributed by atoms with E-state index in [4.69, 9.17) is 0 Å². The van der Waals surface area contributed by atoms with E-state index in [0.717, 1.165) is 29.6 Å². The highest BCUT2D eigenvalue weighted by molar-refractivity contribution is 4.66. The smallest absolute Gasteiger partial charge is 0.0415 e. The van der Waals surface area contributed by atoms with Gasteiger partial charge < -0.3 is 0 Å². The normalized spacial score (nSPS) is 18.2. The van der Waals surface area contributed by atoms with Gasteiger partial charge in [0, 0.05) is 0 Å². The predicted molar refractivity (Wildman–Crippen MR) is 71.0 cm³/mol. The highest BCUT2D eigenvalue weighted by atomic mass is 14.2. The number of hydrogen-bond donors (Lipinski definition) is 0. The molecule has 0 aromatic carbocycles. The molecule has 0 saturated carbocycles. The van der Waals surface area contributed by atoms with Gasteiger partial charge in [-0.05, 0) is 36.0 Å². The standard InChI is InChI=1S/C15H32/c1-11(2)10-15(7)14(6)9-8-13(5)12(3)4/h11-15H,8-10H2,1-7H3. The van der Waals surface area contributed by atoms with E-state index < -0.39 is 0 Å². The molecule has 0 rings (SSSR count). The largest absolute Gasteiger partial charge is 0.0628 e. The fourth-order valence-corrected chi connectivity index (χ4v) is 2.12. The number of rotatable bonds is 7. The highest BCUT2D eigenvalue weighted by Gasteiger charge is 2.15. The number of hydrogen-bond acceptors (Lipinski definition) is 0. The summed E-state index contributed by atoms with van der Waals surface area (Å²) in [7, 11) is 0. The van der Waals surface area contributed by atoms with Crippen molar-refractivity contribution in [3.8, 4) is 0 Å². The third kappa shape index (κ3) is 6.98. The van der Waals surface area contributed by atoms with Crippen LogP contribution in [0.5, 0.6) is 0 Å². The van der Waals surface area contributed by atoms with Gasteiger partial charge in [-0.15, -0.1) is 0 Å². The fraction of sp³-hybridized carbons (Fsp3) is 1.00. The molecular formula is C15H32. The molecule has 3 atom stereocenters. The van der Waals surface area contributed by atoms with Gasteiger partial charge in [0.1, 0.15) is 0 Å². The van der Waals surface area contributed by atoms with Gasteiger partial charge >= 0.3 is 0 Å². The zero-order valence-electron chi connectivity index (χ0n) is 12.0. The summed E-state index contributed by atoms with van der Waals surface area (Å²) in [6, 6.07) is 0. The van der Waals surface area contributed by atoms with Crippen LogP contribution in [0.2, 0.25) is 0 Å². The van der Waals surface area contributed by atoms with Gasteiger partial charge in [0.15, 0.2) is 0 Å². The van der Waals surface area contributed by atoms with E-state index in [-0.39, 0.29) is 0 Å². The molecule has 0 aliphatic rings. The van der Waals surface area contributed by atoms with E-state index in [0.29, 0.717) is 0 Å². The zero-order valence-corrected chi connectivity index (χ0v) is 12.0. The van der Waals surface area contributed by atoms with Crippen molar-refractivity contribution in [1.29, 1.82) is 0 Å². The van der Waals surface area contributed by atoms with E-state index in [1.807, 2.05) is 0 Å². The molecule has 0 fully saturated rings. The van der Waals surface area contributed by atoms with E-state index >= 15 is 0 Å². The molecule has 0 spiro atoms. The second-order valence-electron chi connectivity index (χ2n) is 6.38. The van der Waals surface area contributed by atoms with Gasteiger partial charge in [-0.1, -0.05) is 61.3 Å². The fourth-order valence-electron chi connectivity index (χ4n) is 2.12. The molecule has 0 aromatic heterocycles. The summed E-state index contributed by atoms with van der Waals surface area (Å²) in [5.41, 5.74) is 0. The average Bonchev–Trinajstić information content (AvgIpc) is 2.12. The molecule has 0 radical (unpaired) electrons. The van der Waals surface area contributed by atoms with Crippen molar-refractivity contribution in [3.05, 3.63) is 0 Å². The van der Waals surface area contributed by atoms with Crippen molar-refractivity contribution in [2.45, 2.75) is 67.7 Å². The molecule has 0 heteroatoms. The van der Waals surface area contributed by atoms with Crippen molar-refractivity contribution < 1.29 is 0 Å². The first kappa shape index (κ1) is 15.0. The summed E-state index contributed by atoms with van der Waals surface area (Å²) in [6.45, 7) is 16.6. The van der Waals surface area contributed by atoms with Gasteiger partial charge in [0.2, 0.25) is 0 Å². The van der Waals surface area contributed by atoms with Crippen molar-refractivity contribution in [2.75, 3.05) is 0 Å². The van der Waals surface area contributed by atoms with Gasteiger partial charge in [0.25, 0.3) is 0 Å². The van der Waals surface area contributed by atoms with Crippen LogP contribution in [-0.2, 0) is 0 Å². The molecule has 0 amide bonds. The van der Waals surface area contributed by atoms with Gasteiger partial charge in [0.05, 0.1) is 0 Å². The second-order valence-corrected chi connectivity index (χ2v) is 6.38. The first-order valence-corrected chi connectivity index (χ1v) is 6.84. The minimum atomic E-state index is 0.845. The summed E-state index contributed by atoms with van der Waals surface area (Å²) in [5.74, 6) is 4.37. The third-order valence-corrected chi connectivity index (χ3v) is 4.03. The van der Waals surface area contributed by atoms with E-state index in [1.54, 1.807) is 0 Å². The van der Waals surface area contributed by atoms with E-state index in [9.17, 15) is 0 Å². The first-order chi connectivity index (χ1) is 6.84. The summed E-state index contributed by atoms with van der Waals surface area (Å²) in [4.78, 5) is 0. The Bertz CT molecular complexity index is 146. The Morgan fingerprint density at radius 3 is 1.47 bits per heavy atom. The Morgan fingerprint density at radius 2 is 1.07 bits per heavy atom. The van der Waals surface area contributed by atoms with E-state index in [2.05, 4.69) is 48.5 Å². The highest BCUT2D eigenvalue weighted by Crippen LogP contribution is 2.26. The monoisotopic (exact) mass is 212 g/mol. The molecular weight excluding hydrogens is 180 g/mol. The molecule has 0 aliphatic carbocycles. The quantitative estimate of drug-likeness (QED) is 0.531. The maximum absolute atomic E-state index is 2.43. The minimum absolute atomic E-state index is 0.845. The van der Waals surface area contributed by atoms with Crippen LogP contribution in [0.25, 0.3) is 0 Å². The molecule has 0 aliphatic heterocycles. The molecule has 0 bridgehead atoms. The third-order valence-electron chi connectivity index (χ3n) is 4.03. The summed E-state index contributed by atoms with van der Waals surface area (Å²) in [6.07, 6.45) is 4.20. The average molecular weight is 212 g/mol. The molecule has 3 unspecified atom stereocenters. The lowest BCUT2D eigenvalue weighted by molar-refractivity contribution is 0.272. The lowest BCUT2D eigenvalue weighted by atomic mass is 9.82. The molecule has 0 aromatic rings. The molecule has 0 heterocycles. The molecule has 0 N–H and O–H groups in total. The van der Waals surface area contributed by atoms with Crippen LogP contribution >= 0.6 is 0 Å². The van der Waals surface area contributed by atoms with Gasteiger partial charge in [-0.2, -0.15) is 0 Å². The Hall–Kier alpha value is 0.